The molecule has 0 bridgehead atoms. The molecule has 1 N–H and O–H groups in total. The van der Waals surface area contributed by atoms with Crippen molar-refractivity contribution in [2.45, 2.75) is 13.1 Å². The lowest BCUT2D eigenvalue weighted by Gasteiger charge is -2.22. The molecule has 3 rings (SSSR count). The molecule has 0 aliphatic carbocycles. The molecule has 2 aromatic heterocycles. The Kier molecular flexibility index (Phi) is 5.13. The fraction of sp³-hybridized carbons (Fsp3) is 0.111. The van der Waals surface area contributed by atoms with Gasteiger partial charge in [0.05, 0.1) is 25.0 Å². The van der Waals surface area contributed by atoms with Crippen molar-refractivity contribution < 1.29 is 9.21 Å². The lowest BCUT2D eigenvalue weighted by molar-refractivity contribution is 0.200. The van der Waals surface area contributed by atoms with Crippen LogP contribution in [0.25, 0.3) is 0 Å². The van der Waals surface area contributed by atoms with Crippen molar-refractivity contribution in [3.8, 4) is 0 Å². The Bertz CT molecular complexity index is 791. The van der Waals surface area contributed by atoms with Crippen LogP contribution < -0.4 is 5.32 Å². The standard InChI is InChI=1S/C18H16ClN3O2/c19-14-5-3-7-15(11-14)21-18(23)22(13-17-8-4-10-24-17)12-16-6-1-2-9-20-16/h1-11H,12-13H2,(H,21,23). The first-order chi connectivity index (χ1) is 11.7. The maximum Gasteiger partial charge on any atom is 0.322 e. The van der Waals surface area contributed by atoms with Crippen LogP contribution in [-0.4, -0.2) is 15.9 Å². The van der Waals surface area contributed by atoms with Gasteiger partial charge in [0.1, 0.15) is 5.76 Å². The molecule has 6 heteroatoms. The molecule has 0 saturated heterocycles. The molecule has 0 atom stereocenters. The first kappa shape index (κ1) is 16.1. The molecule has 2 amide bonds. The second-order valence-corrected chi connectivity index (χ2v) is 5.63. The van der Waals surface area contributed by atoms with Crippen molar-refractivity contribution in [2.24, 2.45) is 0 Å². The summed E-state index contributed by atoms with van der Waals surface area (Å²) in [6, 6.07) is 16.0. The van der Waals surface area contributed by atoms with E-state index in [9.17, 15) is 4.79 Å². The minimum Gasteiger partial charge on any atom is -0.467 e. The predicted molar refractivity (Wildman–Crippen MR) is 92.7 cm³/mol. The third-order valence-electron chi connectivity index (χ3n) is 3.37. The Balaban J connectivity index is 1.76. The van der Waals surface area contributed by atoms with Gasteiger partial charge in [0.15, 0.2) is 0 Å². The summed E-state index contributed by atoms with van der Waals surface area (Å²) in [4.78, 5) is 18.6. The number of hydrogen-bond acceptors (Lipinski definition) is 3. The van der Waals surface area contributed by atoms with E-state index in [4.69, 9.17) is 16.0 Å². The van der Waals surface area contributed by atoms with Crippen LogP contribution in [0.3, 0.4) is 0 Å². The molecule has 0 spiro atoms. The highest BCUT2D eigenvalue weighted by atomic mass is 35.5. The number of halogens is 1. The van der Waals surface area contributed by atoms with Crippen molar-refractivity contribution in [3.63, 3.8) is 0 Å². The highest BCUT2D eigenvalue weighted by Crippen LogP contribution is 2.17. The van der Waals surface area contributed by atoms with Crippen LogP contribution in [0, 0.1) is 0 Å². The van der Waals surface area contributed by atoms with Crippen LogP contribution >= 0.6 is 11.6 Å². The second-order valence-electron chi connectivity index (χ2n) is 5.20. The number of benzene rings is 1. The zero-order chi connectivity index (χ0) is 16.8. The summed E-state index contributed by atoms with van der Waals surface area (Å²) in [7, 11) is 0. The van der Waals surface area contributed by atoms with Crippen LogP contribution in [0.2, 0.25) is 5.02 Å². The Labute approximate surface area is 144 Å². The van der Waals surface area contributed by atoms with E-state index in [0.29, 0.717) is 29.6 Å². The summed E-state index contributed by atoms with van der Waals surface area (Å²) in [6.45, 7) is 0.712. The number of amides is 2. The molecule has 24 heavy (non-hydrogen) atoms. The smallest absolute Gasteiger partial charge is 0.322 e. The fourth-order valence-corrected chi connectivity index (χ4v) is 2.44. The van der Waals surface area contributed by atoms with Gasteiger partial charge in [0.25, 0.3) is 0 Å². The maximum absolute atomic E-state index is 12.7. The van der Waals surface area contributed by atoms with Crippen LogP contribution in [0.15, 0.2) is 71.5 Å². The summed E-state index contributed by atoms with van der Waals surface area (Å²) >= 11 is 5.96. The molecule has 0 radical (unpaired) electrons. The first-order valence-corrected chi connectivity index (χ1v) is 7.82. The van der Waals surface area contributed by atoms with Gasteiger partial charge in [-0.1, -0.05) is 23.7 Å². The topological polar surface area (TPSA) is 58.4 Å². The molecule has 5 nitrogen and oxygen atoms in total. The van der Waals surface area contributed by atoms with Gasteiger partial charge in [-0.25, -0.2) is 4.79 Å². The second kappa shape index (κ2) is 7.66. The molecule has 1 aromatic carbocycles. The number of pyridine rings is 1. The number of nitrogens with one attached hydrogen (secondary N) is 1. The van der Waals surface area contributed by atoms with E-state index in [1.807, 2.05) is 24.3 Å². The molecule has 0 aliphatic heterocycles. The Morgan fingerprint density at radius 2 is 2.04 bits per heavy atom. The SMILES string of the molecule is O=C(Nc1cccc(Cl)c1)N(Cc1ccccn1)Cc1ccco1. The summed E-state index contributed by atoms with van der Waals surface area (Å²) < 4.78 is 5.36. The molecule has 0 aliphatic rings. The number of urea groups is 1. The minimum atomic E-state index is -0.251. The highest BCUT2D eigenvalue weighted by molar-refractivity contribution is 6.30. The summed E-state index contributed by atoms with van der Waals surface area (Å²) in [5, 5.41) is 3.41. The zero-order valence-corrected chi connectivity index (χ0v) is 13.6. The van der Waals surface area contributed by atoms with Gasteiger partial charge >= 0.3 is 6.03 Å². The Morgan fingerprint density at radius 1 is 1.12 bits per heavy atom. The third-order valence-corrected chi connectivity index (χ3v) is 3.60. The summed E-state index contributed by atoms with van der Waals surface area (Å²) in [5.41, 5.74) is 1.43. The quantitative estimate of drug-likeness (QED) is 0.740. The number of rotatable bonds is 5. The number of carbonyl (C=O) groups excluding carboxylic acids is 1. The average Bonchev–Trinajstić information content (AvgIpc) is 3.08. The van der Waals surface area contributed by atoms with E-state index in [2.05, 4.69) is 10.3 Å². The maximum atomic E-state index is 12.7. The minimum absolute atomic E-state index is 0.251. The number of nitrogens with zero attached hydrogens (tertiary/aromatic N) is 2. The van der Waals surface area contributed by atoms with Gasteiger partial charge in [0.2, 0.25) is 0 Å². The molecule has 3 aromatic rings. The number of hydrogen-bond donors (Lipinski definition) is 1. The molecular weight excluding hydrogens is 326 g/mol. The Hall–Kier alpha value is -2.79. The van der Waals surface area contributed by atoms with Gasteiger partial charge in [-0.3, -0.25) is 4.98 Å². The van der Waals surface area contributed by atoms with E-state index in [-0.39, 0.29) is 6.03 Å². The number of furan rings is 1. The lowest BCUT2D eigenvalue weighted by atomic mass is 10.3. The monoisotopic (exact) mass is 341 g/mol. The fourth-order valence-electron chi connectivity index (χ4n) is 2.25. The van der Waals surface area contributed by atoms with E-state index in [1.165, 1.54) is 0 Å². The van der Waals surface area contributed by atoms with Gasteiger partial charge in [-0.2, -0.15) is 0 Å². The number of anilines is 1. The van der Waals surface area contributed by atoms with Crippen molar-refractivity contribution in [3.05, 3.63) is 83.5 Å². The normalized spacial score (nSPS) is 10.4. The molecular formula is C18H16ClN3O2. The average molecular weight is 342 g/mol. The molecule has 122 valence electrons. The molecule has 0 saturated carbocycles. The Morgan fingerprint density at radius 3 is 2.75 bits per heavy atom. The third kappa shape index (κ3) is 4.36. The largest absolute Gasteiger partial charge is 0.467 e. The molecule has 2 heterocycles. The first-order valence-electron chi connectivity index (χ1n) is 7.44. The number of carbonyl (C=O) groups is 1. The van der Waals surface area contributed by atoms with Crippen molar-refractivity contribution in [2.75, 3.05) is 5.32 Å². The molecule has 0 unspecified atom stereocenters. The van der Waals surface area contributed by atoms with E-state index >= 15 is 0 Å². The van der Waals surface area contributed by atoms with Crippen LogP contribution in [0.1, 0.15) is 11.5 Å². The highest BCUT2D eigenvalue weighted by Gasteiger charge is 2.16. The summed E-state index contributed by atoms with van der Waals surface area (Å²) in [6.07, 6.45) is 3.29. The summed E-state index contributed by atoms with van der Waals surface area (Å²) in [5.74, 6) is 0.701. The van der Waals surface area contributed by atoms with Crippen LogP contribution in [0.5, 0.6) is 0 Å². The van der Waals surface area contributed by atoms with E-state index < -0.39 is 0 Å². The van der Waals surface area contributed by atoms with Crippen molar-refractivity contribution in [1.29, 1.82) is 0 Å². The van der Waals surface area contributed by atoms with Crippen molar-refractivity contribution >= 4 is 23.3 Å². The van der Waals surface area contributed by atoms with Gasteiger partial charge in [-0.15, -0.1) is 0 Å². The van der Waals surface area contributed by atoms with E-state index in [0.717, 1.165) is 5.69 Å². The van der Waals surface area contributed by atoms with Gasteiger partial charge in [-0.05, 0) is 42.5 Å². The van der Waals surface area contributed by atoms with Crippen molar-refractivity contribution in [1.82, 2.24) is 9.88 Å². The zero-order valence-electron chi connectivity index (χ0n) is 12.9. The predicted octanol–water partition coefficient (Wildman–Crippen LogP) is 4.56. The number of aromatic nitrogens is 1. The van der Waals surface area contributed by atoms with Gasteiger partial charge < -0.3 is 14.6 Å². The van der Waals surface area contributed by atoms with Crippen LogP contribution in [-0.2, 0) is 13.1 Å². The lowest BCUT2D eigenvalue weighted by Crippen LogP contribution is -2.34. The van der Waals surface area contributed by atoms with Crippen LogP contribution in [0.4, 0.5) is 10.5 Å². The molecule has 0 fully saturated rings. The van der Waals surface area contributed by atoms with E-state index in [1.54, 1.807) is 47.7 Å². The van der Waals surface area contributed by atoms with Gasteiger partial charge in [0, 0.05) is 16.9 Å².